The zero-order valence-electron chi connectivity index (χ0n) is 7.70. The second-order valence-electron chi connectivity index (χ2n) is 3.55. The van der Waals surface area contributed by atoms with Crippen molar-refractivity contribution in [3.8, 4) is 0 Å². The van der Waals surface area contributed by atoms with Crippen LogP contribution in [0, 0.1) is 0 Å². The molecule has 13 heavy (non-hydrogen) atoms. The standard InChI is InChI=1S/C9H13NO2S/c1-9(2,12)5-8(11)10-7-3-4-13-6-7/h3-4,6,12H,5H2,1-2H3,(H,10,11). The lowest BCUT2D eigenvalue weighted by molar-refractivity contribution is -0.119. The number of aliphatic hydroxyl groups is 1. The second-order valence-corrected chi connectivity index (χ2v) is 4.33. The summed E-state index contributed by atoms with van der Waals surface area (Å²) in [4.78, 5) is 11.3. The van der Waals surface area contributed by atoms with E-state index in [0.29, 0.717) is 0 Å². The average molecular weight is 199 g/mol. The lowest BCUT2D eigenvalue weighted by atomic mass is 10.1. The van der Waals surface area contributed by atoms with Gasteiger partial charge in [-0.2, -0.15) is 11.3 Å². The van der Waals surface area contributed by atoms with Gasteiger partial charge in [0.15, 0.2) is 0 Å². The van der Waals surface area contributed by atoms with E-state index < -0.39 is 5.60 Å². The van der Waals surface area contributed by atoms with E-state index in [9.17, 15) is 9.90 Å². The molecule has 0 fully saturated rings. The highest BCUT2D eigenvalue weighted by Crippen LogP contribution is 2.14. The summed E-state index contributed by atoms with van der Waals surface area (Å²) in [7, 11) is 0. The minimum atomic E-state index is -0.944. The van der Waals surface area contributed by atoms with Gasteiger partial charge in [-0.3, -0.25) is 4.79 Å². The fraction of sp³-hybridized carbons (Fsp3) is 0.444. The highest BCUT2D eigenvalue weighted by atomic mass is 32.1. The molecule has 72 valence electrons. The van der Waals surface area contributed by atoms with Crippen LogP contribution in [0.2, 0.25) is 0 Å². The fourth-order valence-electron chi connectivity index (χ4n) is 0.934. The van der Waals surface area contributed by atoms with E-state index in [1.165, 1.54) is 11.3 Å². The van der Waals surface area contributed by atoms with E-state index in [2.05, 4.69) is 5.32 Å². The first-order valence-electron chi connectivity index (χ1n) is 4.02. The van der Waals surface area contributed by atoms with E-state index in [1.807, 2.05) is 16.8 Å². The Balaban J connectivity index is 2.43. The van der Waals surface area contributed by atoms with Crippen LogP contribution < -0.4 is 5.32 Å². The SMILES string of the molecule is CC(C)(O)CC(=O)Nc1ccsc1. The molecule has 0 aliphatic heterocycles. The maximum Gasteiger partial charge on any atom is 0.227 e. The van der Waals surface area contributed by atoms with Crippen molar-refractivity contribution in [3.63, 3.8) is 0 Å². The monoisotopic (exact) mass is 199 g/mol. The third-order valence-corrected chi connectivity index (χ3v) is 2.08. The fourth-order valence-corrected chi connectivity index (χ4v) is 1.52. The molecule has 0 radical (unpaired) electrons. The zero-order valence-corrected chi connectivity index (χ0v) is 8.52. The van der Waals surface area contributed by atoms with Crippen molar-refractivity contribution in [2.45, 2.75) is 25.9 Å². The zero-order chi connectivity index (χ0) is 9.90. The van der Waals surface area contributed by atoms with Crippen molar-refractivity contribution >= 4 is 22.9 Å². The van der Waals surface area contributed by atoms with Crippen molar-refractivity contribution in [1.29, 1.82) is 0 Å². The topological polar surface area (TPSA) is 49.3 Å². The summed E-state index contributed by atoms with van der Waals surface area (Å²) in [6.45, 7) is 3.22. The van der Waals surface area contributed by atoms with Gasteiger partial charge in [0, 0.05) is 5.38 Å². The van der Waals surface area contributed by atoms with Gasteiger partial charge in [0.2, 0.25) is 5.91 Å². The van der Waals surface area contributed by atoms with Crippen LogP contribution in [0.25, 0.3) is 0 Å². The normalized spacial score (nSPS) is 11.3. The Morgan fingerprint density at radius 1 is 1.69 bits per heavy atom. The van der Waals surface area contributed by atoms with Gasteiger partial charge in [0.25, 0.3) is 0 Å². The summed E-state index contributed by atoms with van der Waals surface area (Å²) in [5.74, 6) is -0.161. The van der Waals surface area contributed by atoms with E-state index in [4.69, 9.17) is 0 Å². The number of hydrogen-bond donors (Lipinski definition) is 2. The summed E-state index contributed by atoms with van der Waals surface area (Å²) in [6.07, 6.45) is 0.114. The van der Waals surface area contributed by atoms with Crippen molar-refractivity contribution in [2.75, 3.05) is 5.32 Å². The molecule has 1 aromatic heterocycles. The van der Waals surface area contributed by atoms with Gasteiger partial charge in [-0.25, -0.2) is 0 Å². The van der Waals surface area contributed by atoms with Crippen molar-refractivity contribution in [1.82, 2.24) is 0 Å². The van der Waals surface area contributed by atoms with Crippen molar-refractivity contribution < 1.29 is 9.90 Å². The van der Waals surface area contributed by atoms with Gasteiger partial charge in [-0.1, -0.05) is 0 Å². The number of anilines is 1. The van der Waals surface area contributed by atoms with Gasteiger partial charge < -0.3 is 10.4 Å². The van der Waals surface area contributed by atoms with Crippen molar-refractivity contribution in [2.24, 2.45) is 0 Å². The van der Waals surface area contributed by atoms with E-state index >= 15 is 0 Å². The molecule has 0 saturated heterocycles. The molecule has 1 aromatic rings. The molecule has 0 saturated carbocycles. The molecule has 1 heterocycles. The molecule has 0 bridgehead atoms. The molecule has 3 nitrogen and oxygen atoms in total. The highest BCUT2D eigenvalue weighted by molar-refractivity contribution is 7.08. The molecule has 0 spiro atoms. The predicted octanol–water partition coefficient (Wildman–Crippen LogP) is 1.85. The summed E-state index contributed by atoms with van der Waals surface area (Å²) >= 11 is 1.52. The number of carbonyl (C=O) groups is 1. The lowest BCUT2D eigenvalue weighted by Crippen LogP contribution is -2.26. The number of nitrogens with one attached hydrogen (secondary N) is 1. The van der Waals surface area contributed by atoms with Crippen LogP contribution in [0.15, 0.2) is 16.8 Å². The summed E-state index contributed by atoms with van der Waals surface area (Å²) in [6, 6.07) is 1.83. The third kappa shape index (κ3) is 4.05. The Bertz CT molecular complexity index is 274. The Labute approximate surface area is 81.4 Å². The molecular weight excluding hydrogens is 186 g/mol. The van der Waals surface area contributed by atoms with Crippen LogP contribution in [0.1, 0.15) is 20.3 Å². The highest BCUT2D eigenvalue weighted by Gasteiger charge is 2.17. The maximum atomic E-state index is 11.3. The Hall–Kier alpha value is -0.870. The number of carbonyl (C=O) groups excluding carboxylic acids is 1. The quantitative estimate of drug-likeness (QED) is 0.780. The molecule has 4 heteroatoms. The Morgan fingerprint density at radius 3 is 2.85 bits per heavy atom. The largest absolute Gasteiger partial charge is 0.390 e. The number of amides is 1. The van der Waals surface area contributed by atoms with Gasteiger partial charge >= 0.3 is 0 Å². The summed E-state index contributed by atoms with van der Waals surface area (Å²) in [5, 5.41) is 15.8. The molecule has 0 aliphatic carbocycles. The molecule has 0 atom stereocenters. The smallest absolute Gasteiger partial charge is 0.227 e. The molecule has 1 amide bonds. The Kier molecular flexibility index (Phi) is 3.06. The first-order valence-corrected chi connectivity index (χ1v) is 4.96. The van der Waals surface area contributed by atoms with Crippen LogP contribution in [-0.2, 0) is 4.79 Å². The first kappa shape index (κ1) is 10.2. The van der Waals surface area contributed by atoms with Crippen LogP contribution >= 0.6 is 11.3 Å². The minimum absolute atomic E-state index is 0.114. The number of hydrogen-bond acceptors (Lipinski definition) is 3. The maximum absolute atomic E-state index is 11.3. The molecular formula is C9H13NO2S. The van der Waals surface area contributed by atoms with Crippen LogP contribution in [-0.4, -0.2) is 16.6 Å². The third-order valence-electron chi connectivity index (χ3n) is 1.40. The minimum Gasteiger partial charge on any atom is -0.390 e. The van der Waals surface area contributed by atoms with Crippen molar-refractivity contribution in [3.05, 3.63) is 16.8 Å². The van der Waals surface area contributed by atoms with E-state index in [0.717, 1.165) is 5.69 Å². The first-order chi connectivity index (χ1) is 5.97. The van der Waals surface area contributed by atoms with E-state index in [-0.39, 0.29) is 12.3 Å². The van der Waals surface area contributed by atoms with Gasteiger partial charge in [0.05, 0.1) is 17.7 Å². The van der Waals surface area contributed by atoms with E-state index in [1.54, 1.807) is 13.8 Å². The summed E-state index contributed by atoms with van der Waals surface area (Å²) in [5.41, 5.74) is -0.153. The number of rotatable bonds is 3. The van der Waals surface area contributed by atoms with Crippen LogP contribution in [0.4, 0.5) is 5.69 Å². The van der Waals surface area contributed by atoms with Crippen LogP contribution in [0.5, 0.6) is 0 Å². The average Bonchev–Trinajstić information content (AvgIpc) is 2.34. The van der Waals surface area contributed by atoms with Gasteiger partial charge in [-0.05, 0) is 25.3 Å². The molecule has 0 aromatic carbocycles. The van der Waals surface area contributed by atoms with Gasteiger partial charge in [-0.15, -0.1) is 0 Å². The molecule has 0 unspecified atom stereocenters. The second kappa shape index (κ2) is 3.89. The number of thiophene rings is 1. The summed E-state index contributed by atoms with van der Waals surface area (Å²) < 4.78 is 0. The van der Waals surface area contributed by atoms with Gasteiger partial charge in [0.1, 0.15) is 0 Å². The lowest BCUT2D eigenvalue weighted by Gasteiger charge is -2.15. The Morgan fingerprint density at radius 2 is 2.38 bits per heavy atom. The molecule has 1 rings (SSSR count). The molecule has 0 aliphatic rings. The predicted molar refractivity (Wildman–Crippen MR) is 53.9 cm³/mol. The molecule has 2 N–H and O–H groups in total. The van der Waals surface area contributed by atoms with Crippen LogP contribution in [0.3, 0.4) is 0 Å².